The van der Waals surface area contributed by atoms with Crippen LogP contribution < -0.4 is 5.32 Å². The molecule has 0 bridgehead atoms. The van der Waals surface area contributed by atoms with Crippen LogP contribution in [0.25, 0.3) is 0 Å². The van der Waals surface area contributed by atoms with Gasteiger partial charge in [0.2, 0.25) is 0 Å². The molecule has 0 aliphatic carbocycles. The molecule has 1 unspecified atom stereocenters. The highest BCUT2D eigenvalue weighted by molar-refractivity contribution is 9.10. The van der Waals surface area contributed by atoms with Gasteiger partial charge in [0.15, 0.2) is 0 Å². The number of ether oxygens (including phenoxy) is 1. The number of benzene rings is 1. The van der Waals surface area contributed by atoms with Gasteiger partial charge < -0.3 is 10.1 Å². The van der Waals surface area contributed by atoms with E-state index >= 15 is 0 Å². The van der Waals surface area contributed by atoms with Crippen molar-refractivity contribution in [1.29, 1.82) is 0 Å². The first-order chi connectivity index (χ1) is 8.13. The van der Waals surface area contributed by atoms with Crippen LogP contribution in [-0.2, 0) is 11.2 Å². The van der Waals surface area contributed by atoms with Crippen LogP contribution >= 0.6 is 15.9 Å². The average molecular weight is 304 g/mol. The molecule has 96 valence electrons. The van der Waals surface area contributed by atoms with Crippen molar-refractivity contribution in [3.05, 3.63) is 34.1 Å². The van der Waals surface area contributed by atoms with Crippen LogP contribution in [0.2, 0.25) is 0 Å². The summed E-state index contributed by atoms with van der Waals surface area (Å²) < 4.78 is 18.5. The zero-order valence-electron chi connectivity index (χ0n) is 10.3. The maximum atomic E-state index is 13.1. The summed E-state index contributed by atoms with van der Waals surface area (Å²) in [7, 11) is 1.70. The van der Waals surface area contributed by atoms with Gasteiger partial charge in [-0.1, -0.05) is 13.0 Å². The second kappa shape index (κ2) is 7.80. The van der Waals surface area contributed by atoms with Crippen LogP contribution in [0.4, 0.5) is 4.39 Å². The quantitative estimate of drug-likeness (QED) is 0.782. The molecule has 0 aliphatic rings. The Balaban J connectivity index is 2.34. The first-order valence-corrected chi connectivity index (χ1v) is 6.56. The van der Waals surface area contributed by atoms with E-state index in [1.165, 1.54) is 6.07 Å². The van der Waals surface area contributed by atoms with E-state index in [0.29, 0.717) is 10.4 Å². The molecule has 0 fully saturated rings. The molecular weight excluding hydrogens is 285 g/mol. The Morgan fingerprint density at radius 1 is 1.47 bits per heavy atom. The fourth-order valence-electron chi connectivity index (χ4n) is 1.66. The van der Waals surface area contributed by atoms with E-state index in [9.17, 15) is 4.39 Å². The highest BCUT2D eigenvalue weighted by Gasteiger charge is 2.05. The number of halogens is 2. The topological polar surface area (TPSA) is 21.3 Å². The summed E-state index contributed by atoms with van der Waals surface area (Å²) in [5.41, 5.74) is 1.15. The smallest absolute Gasteiger partial charge is 0.137 e. The third kappa shape index (κ3) is 5.61. The van der Waals surface area contributed by atoms with Crippen molar-refractivity contribution in [3.63, 3.8) is 0 Å². The Morgan fingerprint density at radius 3 is 2.88 bits per heavy atom. The monoisotopic (exact) mass is 303 g/mol. The van der Waals surface area contributed by atoms with E-state index in [4.69, 9.17) is 4.74 Å². The van der Waals surface area contributed by atoms with Crippen molar-refractivity contribution >= 4 is 15.9 Å². The molecule has 1 rings (SSSR count). The third-order valence-corrected chi connectivity index (χ3v) is 3.15. The van der Waals surface area contributed by atoms with E-state index in [1.807, 2.05) is 12.1 Å². The Bertz CT molecular complexity index is 346. The number of nitrogens with one attached hydrogen (secondary N) is 1. The molecule has 2 nitrogen and oxygen atoms in total. The standard InChI is InChI=1S/C13H19BrFNO/c1-10(9-16-5-6-17-2)7-11-3-4-13(15)12(14)8-11/h3-4,8,10,16H,5-7,9H2,1-2H3. The van der Waals surface area contributed by atoms with Crippen LogP contribution in [0.15, 0.2) is 22.7 Å². The minimum Gasteiger partial charge on any atom is -0.383 e. The number of methoxy groups -OCH3 is 1. The van der Waals surface area contributed by atoms with Crippen LogP contribution in [0.3, 0.4) is 0 Å². The van der Waals surface area contributed by atoms with Crippen molar-refractivity contribution in [2.45, 2.75) is 13.3 Å². The van der Waals surface area contributed by atoms with Crippen molar-refractivity contribution in [1.82, 2.24) is 5.32 Å². The molecule has 0 saturated carbocycles. The second-order valence-electron chi connectivity index (χ2n) is 4.25. The Kier molecular flexibility index (Phi) is 6.70. The normalized spacial score (nSPS) is 12.7. The van der Waals surface area contributed by atoms with Crippen molar-refractivity contribution in [3.8, 4) is 0 Å². The third-order valence-electron chi connectivity index (χ3n) is 2.54. The van der Waals surface area contributed by atoms with Gasteiger partial charge in [0.1, 0.15) is 5.82 Å². The number of hydrogen-bond donors (Lipinski definition) is 1. The van der Waals surface area contributed by atoms with E-state index in [-0.39, 0.29) is 5.82 Å². The van der Waals surface area contributed by atoms with Gasteiger partial charge in [-0.05, 0) is 52.5 Å². The summed E-state index contributed by atoms with van der Waals surface area (Å²) in [5.74, 6) is 0.309. The van der Waals surface area contributed by atoms with Crippen molar-refractivity contribution in [2.75, 3.05) is 26.8 Å². The van der Waals surface area contributed by atoms with Gasteiger partial charge >= 0.3 is 0 Å². The highest BCUT2D eigenvalue weighted by atomic mass is 79.9. The minimum atomic E-state index is -0.209. The molecule has 0 spiro atoms. The molecule has 0 saturated heterocycles. The number of rotatable bonds is 7. The summed E-state index contributed by atoms with van der Waals surface area (Å²) in [6.45, 7) is 4.72. The minimum absolute atomic E-state index is 0.209. The molecule has 0 heterocycles. The van der Waals surface area contributed by atoms with Crippen LogP contribution in [-0.4, -0.2) is 26.8 Å². The number of hydrogen-bond acceptors (Lipinski definition) is 2. The summed E-state index contributed by atoms with van der Waals surface area (Å²) in [6, 6.07) is 5.19. The molecule has 1 atom stereocenters. The lowest BCUT2D eigenvalue weighted by atomic mass is 10.0. The van der Waals surface area contributed by atoms with Crippen LogP contribution in [0.5, 0.6) is 0 Å². The largest absolute Gasteiger partial charge is 0.383 e. The highest BCUT2D eigenvalue weighted by Crippen LogP contribution is 2.18. The maximum absolute atomic E-state index is 13.1. The van der Waals surface area contributed by atoms with E-state index < -0.39 is 0 Å². The Hall–Kier alpha value is -0.450. The lowest BCUT2D eigenvalue weighted by Crippen LogP contribution is -2.25. The summed E-state index contributed by atoms with van der Waals surface area (Å²) in [5, 5.41) is 3.32. The maximum Gasteiger partial charge on any atom is 0.137 e. The zero-order chi connectivity index (χ0) is 12.7. The van der Waals surface area contributed by atoms with Gasteiger partial charge in [0, 0.05) is 13.7 Å². The molecule has 17 heavy (non-hydrogen) atoms. The van der Waals surface area contributed by atoms with Gasteiger partial charge in [-0.25, -0.2) is 4.39 Å². The summed E-state index contributed by atoms with van der Waals surface area (Å²) in [4.78, 5) is 0. The first kappa shape index (κ1) is 14.6. The molecule has 1 aromatic rings. The molecule has 1 N–H and O–H groups in total. The van der Waals surface area contributed by atoms with Crippen LogP contribution in [0.1, 0.15) is 12.5 Å². The van der Waals surface area contributed by atoms with E-state index in [2.05, 4.69) is 28.2 Å². The lowest BCUT2D eigenvalue weighted by molar-refractivity contribution is 0.198. The molecule has 0 radical (unpaired) electrons. The molecular formula is C13H19BrFNO. The molecule has 1 aromatic carbocycles. The van der Waals surface area contributed by atoms with Gasteiger partial charge in [0.25, 0.3) is 0 Å². The Morgan fingerprint density at radius 2 is 2.24 bits per heavy atom. The molecule has 0 aromatic heterocycles. The predicted molar refractivity (Wildman–Crippen MR) is 71.7 cm³/mol. The second-order valence-corrected chi connectivity index (χ2v) is 5.11. The lowest BCUT2D eigenvalue weighted by Gasteiger charge is -2.12. The summed E-state index contributed by atoms with van der Waals surface area (Å²) >= 11 is 3.20. The Labute approximate surface area is 111 Å². The van der Waals surface area contributed by atoms with Crippen LogP contribution in [0, 0.1) is 11.7 Å². The fourth-order valence-corrected chi connectivity index (χ4v) is 2.09. The van der Waals surface area contributed by atoms with E-state index in [1.54, 1.807) is 7.11 Å². The molecule has 0 amide bonds. The average Bonchev–Trinajstić information content (AvgIpc) is 2.30. The van der Waals surface area contributed by atoms with Crippen molar-refractivity contribution in [2.24, 2.45) is 5.92 Å². The van der Waals surface area contributed by atoms with Gasteiger partial charge in [-0.3, -0.25) is 0 Å². The molecule has 0 aliphatic heterocycles. The zero-order valence-corrected chi connectivity index (χ0v) is 11.9. The van der Waals surface area contributed by atoms with Gasteiger partial charge in [0.05, 0.1) is 11.1 Å². The first-order valence-electron chi connectivity index (χ1n) is 5.77. The fraction of sp³-hybridized carbons (Fsp3) is 0.538. The molecule has 4 heteroatoms. The SMILES string of the molecule is COCCNCC(C)Cc1ccc(F)c(Br)c1. The summed E-state index contributed by atoms with van der Waals surface area (Å²) in [6.07, 6.45) is 0.943. The van der Waals surface area contributed by atoms with Gasteiger partial charge in [-0.2, -0.15) is 0 Å². The predicted octanol–water partition coefficient (Wildman–Crippen LogP) is 3.00. The van der Waals surface area contributed by atoms with Crippen molar-refractivity contribution < 1.29 is 9.13 Å². The van der Waals surface area contributed by atoms with Gasteiger partial charge in [-0.15, -0.1) is 0 Å². The van der Waals surface area contributed by atoms with E-state index in [0.717, 1.165) is 31.7 Å².